The van der Waals surface area contributed by atoms with Gasteiger partial charge in [-0.3, -0.25) is 0 Å². The second-order valence-corrected chi connectivity index (χ2v) is 13.2. The Morgan fingerprint density at radius 3 is 1.83 bits per heavy atom. The molecule has 11 heteroatoms. The molecule has 0 amide bonds. The molecule has 6 rings (SSSR count). The molecule has 0 aliphatic carbocycles. The average molecular weight is 647 g/mol. The Kier molecular flexibility index (Phi) is 8.73. The summed E-state index contributed by atoms with van der Waals surface area (Å²) in [5, 5.41) is 9.94. The summed E-state index contributed by atoms with van der Waals surface area (Å²) in [4.78, 5) is 6.67. The number of rotatable bonds is 9. The number of benzene rings is 4. The van der Waals surface area contributed by atoms with Crippen LogP contribution in [-0.4, -0.2) is 52.1 Å². The summed E-state index contributed by atoms with van der Waals surface area (Å²) in [6.45, 7) is -1.05. The van der Waals surface area contributed by atoms with Crippen LogP contribution < -0.4 is 4.90 Å². The van der Waals surface area contributed by atoms with Crippen LogP contribution in [0.2, 0.25) is 0 Å². The van der Waals surface area contributed by atoms with E-state index in [2.05, 4.69) is 36.4 Å². The first-order valence-electron chi connectivity index (χ1n) is 14.9. The SMILES string of the molecule is O=S(=O)(N1Cc2ccccc2N(Cc2cn(C(c3ccccc3)(c3ccccc3)c3ccccc3)cn2)C(CCO)C1)C(F)(F)F. The van der Waals surface area contributed by atoms with E-state index in [4.69, 9.17) is 4.98 Å². The minimum Gasteiger partial charge on any atom is -0.396 e. The van der Waals surface area contributed by atoms with E-state index in [-0.39, 0.29) is 19.6 Å². The van der Waals surface area contributed by atoms with Crippen molar-refractivity contribution in [1.82, 2.24) is 13.9 Å². The topological polar surface area (TPSA) is 78.7 Å². The molecule has 0 fully saturated rings. The predicted molar refractivity (Wildman–Crippen MR) is 170 cm³/mol. The molecule has 238 valence electrons. The highest BCUT2D eigenvalue weighted by Crippen LogP contribution is 2.41. The molecule has 0 bridgehead atoms. The van der Waals surface area contributed by atoms with Gasteiger partial charge < -0.3 is 14.6 Å². The highest BCUT2D eigenvalue weighted by atomic mass is 32.2. The highest BCUT2D eigenvalue weighted by Gasteiger charge is 2.51. The summed E-state index contributed by atoms with van der Waals surface area (Å²) in [6.07, 6.45) is 3.75. The van der Waals surface area contributed by atoms with Gasteiger partial charge >= 0.3 is 15.5 Å². The van der Waals surface area contributed by atoms with Crippen LogP contribution in [0.5, 0.6) is 0 Å². The Bertz CT molecular complexity index is 1770. The average Bonchev–Trinajstić information content (AvgIpc) is 3.47. The maximum Gasteiger partial charge on any atom is 0.511 e. The van der Waals surface area contributed by atoms with Gasteiger partial charge in [0.25, 0.3) is 0 Å². The molecule has 7 nitrogen and oxygen atoms in total. The van der Waals surface area contributed by atoms with Crippen molar-refractivity contribution in [1.29, 1.82) is 0 Å². The first-order valence-corrected chi connectivity index (χ1v) is 16.3. The van der Waals surface area contributed by atoms with E-state index >= 15 is 0 Å². The van der Waals surface area contributed by atoms with E-state index < -0.39 is 40.2 Å². The number of halogens is 3. The fourth-order valence-electron chi connectivity index (χ4n) is 6.44. The van der Waals surface area contributed by atoms with Gasteiger partial charge in [0.15, 0.2) is 0 Å². The molecular weight excluding hydrogens is 613 g/mol. The molecule has 5 aromatic rings. The molecule has 0 saturated heterocycles. The Labute approximate surface area is 266 Å². The number of hydrogen-bond donors (Lipinski definition) is 1. The third-order valence-corrected chi connectivity index (χ3v) is 10.1. The minimum atomic E-state index is -5.61. The van der Waals surface area contributed by atoms with Crippen LogP contribution in [0.1, 0.15) is 34.4 Å². The Morgan fingerprint density at radius 1 is 0.783 bits per heavy atom. The van der Waals surface area contributed by atoms with Crippen molar-refractivity contribution in [2.75, 3.05) is 18.1 Å². The number of para-hydroxylation sites is 1. The standard InChI is InChI=1S/C35H33F3N4O3S/c36-35(37,38)46(44,45)41-22-27-12-10-11-19-33(27)42(32(25-41)20-21-43)24-31-23-40(26-39-31)34(28-13-4-1-5-14-28,29-15-6-2-7-16-29)30-17-8-3-9-18-30/h1-19,23,26,32,43H,20-22,24-25H2. The molecule has 0 radical (unpaired) electrons. The summed E-state index contributed by atoms with van der Waals surface area (Å²) in [7, 11) is -5.61. The van der Waals surface area contributed by atoms with Gasteiger partial charge in [-0.25, -0.2) is 13.4 Å². The van der Waals surface area contributed by atoms with Gasteiger partial charge in [-0.2, -0.15) is 17.5 Å². The monoisotopic (exact) mass is 646 g/mol. The minimum absolute atomic E-state index is 0.0565. The second-order valence-electron chi connectivity index (χ2n) is 11.2. The number of aliphatic hydroxyl groups is 1. The largest absolute Gasteiger partial charge is 0.511 e. The summed E-state index contributed by atoms with van der Waals surface area (Å²) >= 11 is 0. The number of nitrogens with zero attached hydrogens (tertiary/aromatic N) is 4. The molecule has 1 atom stereocenters. The summed E-state index contributed by atoms with van der Waals surface area (Å²) in [5.41, 5.74) is -1.61. The Balaban J connectivity index is 1.47. The zero-order valence-corrected chi connectivity index (χ0v) is 25.6. The Morgan fingerprint density at radius 2 is 1.30 bits per heavy atom. The van der Waals surface area contributed by atoms with Crippen molar-refractivity contribution >= 4 is 15.7 Å². The lowest BCUT2D eigenvalue weighted by Crippen LogP contribution is -2.47. The van der Waals surface area contributed by atoms with Crippen LogP contribution in [0.15, 0.2) is 128 Å². The van der Waals surface area contributed by atoms with Gasteiger partial charge in [0, 0.05) is 37.6 Å². The van der Waals surface area contributed by atoms with Crippen molar-refractivity contribution in [2.45, 2.75) is 36.6 Å². The maximum absolute atomic E-state index is 13.7. The second kappa shape index (κ2) is 12.7. The fourth-order valence-corrected chi connectivity index (χ4v) is 7.41. The van der Waals surface area contributed by atoms with E-state index in [1.165, 1.54) is 0 Å². The molecule has 1 N–H and O–H groups in total. The first-order chi connectivity index (χ1) is 22.2. The Hall–Kier alpha value is -4.45. The van der Waals surface area contributed by atoms with E-state index in [1.807, 2.05) is 70.3 Å². The number of anilines is 1. The number of hydrogen-bond acceptors (Lipinski definition) is 5. The summed E-state index contributed by atoms with van der Waals surface area (Å²) < 4.78 is 68.9. The van der Waals surface area contributed by atoms with E-state index in [0.717, 1.165) is 16.7 Å². The third-order valence-electron chi connectivity index (χ3n) is 8.53. The smallest absolute Gasteiger partial charge is 0.396 e. The van der Waals surface area contributed by atoms with E-state index in [9.17, 15) is 26.7 Å². The van der Waals surface area contributed by atoms with E-state index in [0.29, 0.717) is 21.2 Å². The number of imidazole rings is 1. The van der Waals surface area contributed by atoms with Crippen LogP contribution >= 0.6 is 0 Å². The van der Waals surface area contributed by atoms with Crippen LogP contribution in [0, 0.1) is 0 Å². The lowest BCUT2D eigenvalue weighted by atomic mass is 9.77. The molecule has 1 aliphatic heterocycles. The molecule has 1 aliphatic rings. The summed E-state index contributed by atoms with van der Waals surface area (Å²) in [5.74, 6) is 0. The molecule has 0 spiro atoms. The van der Waals surface area contributed by atoms with Gasteiger partial charge in [0.05, 0.1) is 18.6 Å². The fraction of sp³-hybridized carbons (Fsp3) is 0.229. The van der Waals surface area contributed by atoms with Crippen LogP contribution in [-0.2, 0) is 28.7 Å². The van der Waals surface area contributed by atoms with Gasteiger partial charge in [-0.05, 0) is 34.7 Å². The lowest BCUT2D eigenvalue weighted by Gasteiger charge is -2.37. The third kappa shape index (κ3) is 5.70. The van der Waals surface area contributed by atoms with Crippen LogP contribution in [0.3, 0.4) is 0 Å². The van der Waals surface area contributed by atoms with Gasteiger partial charge in [0.2, 0.25) is 0 Å². The number of fused-ring (bicyclic) bond motifs is 1. The predicted octanol–water partition coefficient (Wildman–Crippen LogP) is 6.15. The number of sulfonamides is 1. The quantitative estimate of drug-likeness (QED) is 0.195. The number of aliphatic hydroxyl groups excluding tert-OH is 1. The van der Waals surface area contributed by atoms with Crippen LogP contribution in [0.4, 0.5) is 18.9 Å². The molecule has 1 unspecified atom stereocenters. The van der Waals surface area contributed by atoms with Crippen molar-refractivity contribution in [2.24, 2.45) is 0 Å². The van der Waals surface area contributed by atoms with Crippen molar-refractivity contribution < 1.29 is 26.7 Å². The molecule has 4 aromatic carbocycles. The molecule has 0 saturated carbocycles. The summed E-state index contributed by atoms with van der Waals surface area (Å²) in [6, 6.07) is 36.3. The normalized spacial score (nSPS) is 16.2. The van der Waals surface area contributed by atoms with Crippen LogP contribution in [0.25, 0.3) is 0 Å². The molecule has 46 heavy (non-hydrogen) atoms. The first kappa shape index (κ1) is 31.5. The van der Waals surface area contributed by atoms with Gasteiger partial charge in [-0.15, -0.1) is 0 Å². The van der Waals surface area contributed by atoms with Crippen molar-refractivity contribution in [3.8, 4) is 0 Å². The highest BCUT2D eigenvalue weighted by molar-refractivity contribution is 7.89. The van der Waals surface area contributed by atoms with Gasteiger partial charge in [-0.1, -0.05) is 109 Å². The lowest BCUT2D eigenvalue weighted by molar-refractivity contribution is -0.0492. The van der Waals surface area contributed by atoms with Crippen molar-refractivity contribution in [3.63, 3.8) is 0 Å². The maximum atomic E-state index is 13.7. The molecular formula is C35H33F3N4O3S. The van der Waals surface area contributed by atoms with E-state index in [1.54, 1.807) is 30.6 Å². The molecule has 1 aromatic heterocycles. The van der Waals surface area contributed by atoms with Gasteiger partial charge in [0.1, 0.15) is 5.54 Å². The zero-order chi connectivity index (χ0) is 32.4. The number of alkyl halides is 3. The molecule has 2 heterocycles. The zero-order valence-electron chi connectivity index (χ0n) is 24.8. The van der Waals surface area contributed by atoms with Crippen molar-refractivity contribution in [3.05, 3.63) is 156 Å². The number of aromatic nitrogens is 2.